The molecule has 1 aliphatic heterocycles. The summed E-state index contributed by atoms with van der Waals surface area (Å²) < 4.78 is 34.2. The number of aromatic nitrogens is 3. The van der Waals surface area contributed by atoms with E-state index in [9.17, 15) is 13.6 Å². The molecule has 37 heavy (non-hydrogen) atoms. The maximum atomic E-state index is 14.0. The molecule has 0 unspecified atom stereocenters. The summed E-state index contributed by atoms with van der Waals surface area (Å²) in [5.74, 6) is 0.000181. The van der Waals surface area contributed by atoms with Gasteiger partial charge in [0.1, 0.15) is 17.5 Å². The zero-order valence-corrected chi connectivity index (χ0v) is 21.2. The second kappa shape index (κ2) is 10.4. The molecule has 0 atom stereocenters. The first-order valence-electron chi connectivity index (χ1n) is 12.1. The van der Waals surface area contributed by atoms with Crippen molar-refractivity contribution in [2.24, 2.45) is 0 Å². The van der Waals surface area contributed by atoms with Gasteiger partial charge in [-0.2, -0.15) is 0 Å². The topological polar surface area (TPSA) is 72.1 Å². The number of carbonyl (C=O) groups excluding carboxylic acids is 1. The molecule has 2 aromatic carbocycles. The fourth-order valence-electron chi connectivity index (χ4n) is 4.83. The van der Waals surface area contributed by atoms with Crippen molar-refractivity contribution in [2.75, 3.05) is 13.1 Å². The van der Waals surface area contributed by atoms with E-state index in [0.29, 0.717) is 48.4 Å². The molecule has 1 saturated heterocycles. The second-order valence-electron chi connectivity index (χ2n) is 9.19. The number of hydrogen-bond donors (Lipinski definition) is 0. The minimum Gasteiger partial charge on any atom is -0.436 e. The number of nitrogens with zero attached hydrogens (tertiary/aromatic N) is 4. The molecule has 0 bridgehead atoms. The highest BCUT2D eigenvalue weighted by atomic mass is 35.5. The first-order chi connectivity index (χ1) is 17.8. The molecule has 3 heterocycles. The van der Waals surface area contributed by atoms with Crippen LogP contribution in [0.3, 0.4) is 0 Å². The average molecular weight is 523 g/mol. The van der Waals surface area contributed by atoms with E-state index in [4.69, 9.17) is 21.0 Å². The number of oxazole rings is 1. The van der Waals surface area contributed by atoms with E-state index in [2.05, 4.69) is 9.97 Å². The van der Waals surface area contributed by atoms with Gasteiger partial charge in [0.15, 0.2) is 5.76 Å². The number of likely N-dealkylation sites (tertiary alicyclic amines) is 1. The highest BCUT2D eigenvalue weighted by Crippen LogP contribution is 2.37. The summed E-state index contributed by atoms with van der Waals surface area (Å²) in [6, 6.07) is 11.0. The maximum Gasteiger partial charge on any atom is 0.230 e. The smallest absolute Gasteiger partial charge is 0.230 e. The van der Waals surface area contributed by atoms with Gasteiger partial charge in [-0.05, 0) is 51.0 Å². The third kappa shape index (κ3) is 5.25. The highest BCUT2D eigenvalue weighted by Gasteiger charge is 2.30. The van der Waals surface area contributed by atoms with Crippen molar-refractivity contribution in [1.29, 1.82) is 0 Å². The Kier molecular flexibility index (Phi) is 7.02. The van der Waals surface area contributed by atoms with Gasteiger partial charge in [-0.3, -0.25) is 4.79 Å². The van der Waals surface area contributed by atoms with Gasteiger partial charge in [-0.25, -0.2) is 23.7 Å². The summed E-state index contributed by atoms with van der Waals surface area (Å²) in [5, 5.41) is 0.602. The third-order valence-corrected chi connectivity index (χ3v) is 6.92. The first kappa shape index (κ1) is 25.0. The third-order valence-electron chi connectivity index (χ3n) is 6.68. The van der Waals surface area contributed by atoms with E-state index >= 15 is 0 Å². The lowest BCUT2D eigenvalue weighted by Crippen LogP contribution is -2.39. The van der Waals surface area contributed by atoms with Gasteiger partial charge < -0.3 is 9.32 Å². The van der Waals surface area contributed by atoms with Gasteiger partial charge in [0.2, 0.25) is 11.8 Å². The SMILES string of the molecule is Cc1nc(C)c(-c2ncc(-c3cccc(Cl)c3)o2)c(C2CCN(C(=O)Cc3c(F)cccc3F)CC2)n1. The lowest BCUT2D eigenvalue weighted by molar-refractivity contribution is -0.131. The van der Waals surface area contributed by atoms with Crippen molar-refractivity contribution in [3.8, 4) is 22.8 Å². The molecule has 190 valence electrons. The normalized spacial score (nSPS) is 14.2. The number of hydrogen-bond acceptors (Lipinski definition) is 5. The fraction of sp³-hybridized carbons (Fsp3) is 0.286. The van der Waals surface area contributed by atoms with Crippen molar-refractivity contribution in [1.82, 2.24) is 19.9 Å². The monoisotopic (exact) mass is 522 g/mol. The predicted octanol–water partition coefficient (Wildman–Crippen LogP) is 6.30. The Balaban J connectivity index is 1.36. The Morgan fingerprint density at radius 2 is 1.78 bits per heavy atom. The van der Waals surface area contributed by atoms with Crippen LogP contribution >= 0.6 is 11.6 Å². The minimum absolute atomic E-state index is 0.0474. The number of amides is 1. The number of piperidine rings is 1. The van der Waals surface area contributed by atoms with Crippen molar-refractivity contribution in [3.63, 3.8) is 0 Å². The van der Waals surface area contributed by atoms with Crippen molar-refractivity contribution < 1.29 is 18.0 Å². The molecule has 0 spiro atoms. The molecular formula is C28H25ClF2N4O2. The van der Waals surface area contributed by atoms with Crippen molar-refractivity contribution in [3.05, 3.63) is 88.1 Å². The molecule has 0 N–H and O–H groups in total. The zero-order chi connectivity index (χ0) is 26.1. The lowest BCUT2D eigenvalue weighted by Gasteiger charge is -2.32. The Bertz CT molecular complexity index is 1440. The van der Waals surface area contributed by atoms with Crippen LogP contribution in [-0.2, 0) is 11.2 Å². The molecule has 2 aromatic heterocycles. The van der Waals surface area contributed by atoms with Crippen LogP contribution in [-0.4, -0.2) is 38.8 Å². The van der Waals surface area contributed by atoms with E-state index in [1.165, 1.54) is 18.2 Å². The van der Waals surface area contributed by atoms with Crippen molar-refractivity contribution >= 4 is 17.5 Å². The molecule has 6 nitrogen and oxygen atoms in total. The van der Waals surface area contributed by atoms with E-state index in [-0.39, 0.29) is 23.8 Å². The number of rotatable bonds is 5. The molecular weight excluding hydrogens is 498 g/mol. The lowest BCUT2D eigenvalue weighted by atomic mass is 9.89. The molecule has 0 radical (unpaired) electrons. The fourth-order valence-corrected chi connectivity index (χ4v) is 5.02. The summed E-state index contributed by atoms with van der Waals surface area (Å²) >= 11 is 6.14. The van der Waals surface area contributed by atoms with Crippen LogP contribution in [0.2, 0.25) is 5.02 Å². The molecule has 5 rings (SSSR count). The van der Waals surface area contributed by atoms with Gasteiger partial charge in [0, 0.05) is 35.2 Å². The number of aryl methyl sites for hydroxylation is 2. The molecule has 4 aromatic rings. The second-order valence-corrected chi connectivity index (χ2v) is 9.62. The van der Waals surface area contributed by atoms with Gasteiger partial charge in [-0.1, -0.05) is 29.8 Å². The van der Waals surface area contributed by atoms with Gasteiger partial charge in [-0.15, -0.1) is 0 Å². The standard InChI is InChI=1S/C28H25ClF2N4O2/c1-16-26(28-32-15-24(37-28)19-5-3-6-20(29)13-19)27(34-17(2)33-16)18-9-11-35(12-10-18)25(36)14-21-22(30)7-4-8-23(21)31/h3-8,13,15,18H,9-12,14H2,1-2H3. The van der Waals surface area contributed by atoms with E-state index in [1.807, 2.05) is 32.0 Å². The number of halogens is 3. The Labute approximate surface area is 218 Å². The quantitative estimate of drug-likeness (QED) is 0.308. The summed E-state index contributed by atoms with van der Waals surface area (Å²) in [7, 11) is 0. The molecule has 1 amide bonds. The molecule has 0 aliphatic carbocycles. The van der Waals surface area contributed by atoms with Crippen LogP contribution in [0, 0.1) is 25.5 Å². The Hall–Kier alpha value is -3.65. The van der Waals surface area contributed by atoms with Crippen LogP contribution in [0.25, 0.3) is 22.8 Å². The molecule has 1 aliphatic rings. The van der Waals surface area contributed by atoms with Crippen LogP contribution in [0.1, 0.15) is 41.5 Å². The van der Waals surface area contributed by atoms with E-state index in [1.54, 1.807) is 17.2 Å². The largest absolute Gasteiger partial charge is 0.436 e. The van der Waals surface area contributed by atoms with Gasteiger partial charge in [0.05, 0.1) is 29.6 Å². The van der Waals surface area contributed by atoms with Crippen LogP contribution < -0.4 is 0 Å². The summed E-state index contributed by atoms with van der Waals surface area (Å²) in [6.07, 6.45) is 2.66. The highest BCUT2D eigenvalue weighted by molar-refractivity contribution is 6.30. The Morgan fingerprint density at radius 3 is 2.49 bits per heavy atom. The van der Waals surface area contributed by atoms with E-state index < -0.39 is 11.6 Å². The number of benzene rings is 2. The van der Waals surface area contributed by atoms with E-state index in [0.717, 1.165) is 22.5 Å². The molecule has 1 fully saturated rings. The minimum atomic E-state index is -0.706. The van der Waals surface area contributed by atoms with Crippen LogP contribution in [0.15, 0.2) is 53.1 Å². The molecule has 0 saturated carbocycles. The zero-order valence-electron chi connectivity index (χ0n) is 20.5. The number of carbonyl (C=O) groups is 1. The van der Waals surface area contributed by atoms with Crippen molar-refractivity contribution in [2.45, 2.75) is 39.0 Å². The summed E-state index contributed by atoms with van der Waals surface area (Å²) in [4.78, 5) is 28.3. The average Bonchev–Trinajstić information content (AvgIpc) is 3.36. The van der Waals surface area contributed by atoms with Gasteiger partial charge >= 0.3 is 0 Å². The maximum absolute atomic E-state index is 14.0. The molecule has 9 heteroatoms. The Morgan fingerprint density at radius 1 is 1.08 bits per heavy atom. The predicted molar refractivity (Wildman–Crippen MR) is 136 cm³/mol. The van der Waals surface area contributed by atoms with Crippen LogP contribution in [0.5, 0.6) is 0 Å². The first-order valence-corrected chi connectivity index (χ1v) is 12.5. The van der Waals surface area contributed by atoms with Gasteiger partial charge in [0.25, 0.3) is 0 Å². The summed E-state index contributed by atoms with van der Waals surface area (Å²) in [6.45, 7) is 4.66. The summed E-state index contributed by atoms with van der Waals surface area (Å²) in [5.41, 5.74) is 2.96. The van der Waals surface area contributed by atoms with Crippen LogP contribution in [0.4, 0.5) is 8.78 Å².